The number of benzene rings is 3. The predicted molar refractivity (Wildman–Crippen MR) is 153 cm³/mol. The highest BCUT2D eigenvalue weighted by Crippen LogP contribution is 2.39. The van der Waals surface area contributed by atoms with E-state index in [1.165, 1.54) is 0 Å². The van der Waals surface area contributed by atoms with Crippen molar-refractivity contribution < 1.29 is 9.53 Å². The van der Waals surface area contributed by atoms with Gasteiger partial charge in [-0.05, 0) is 67.4 Å². The number of ether oxygens (including phenoxy) is 1. The first-order chi connectivity index (χ1) is 19.2. The van der Waals surface area contributed by atoms with Crippen LogP contribution >= 0.6 is 0 Å². The molecule has 0 bridgehead atoms. The molecular weight excluding hydrogens is 486 g/mol. The van der Waals surface area contributed by atoms with Gasteiger partial charge in [-0.1, -0.05) is 55.5 Å². The van der Waals surface area contributed by atoms with E-state index < -0.39 is 0 Å². The zero-order valence-electron chi connectivity index (χ0n) is 22.1. The van der Waals surface area contributed by atoms with E-state index in [1.807, 2.05) is 83.2 Å². The number of aromatic nitrogens is 3. The molecule has 0 fully saturated rings. The number of urea groups is 1. The summed E-state index contributed by atoms with van der Waals surface area (Å²) in [5, 5.41) is 8.16. The Kier molecular flexibility index (Phi) is 6.63. The molecule has 2 aromatic heterocycles. The fourth-order valence-electron chi connectivity index (χ4n) is 5.33. The van der Waals surface area contributed by atoms with Crippen molar-refractivity contribution in [3.05, 3.63) is 126 Å². The lowest BCUT2D eigenvalue weighted by molar-refractivity contribution is 0.194. The first kappa shape index (κ1) is 24.6. The molecule has 2 amide bonds. The number of rotatable bonds is 6. The molecule has 1 N–H and O–H groups in total. The molecule has 1 aliphatic heterocycles. The minimum atomic E-state index is -0.301. The molecule has 6 rings (SSSR count). The van der Waals surface area contributed by atoms with Crippen molar-refractivity contribution in [1.82, 2.24) is 19.2 Å². The molecule has 0 saturated carbocycles. The summed E-state index contributed by atoms with van der Waals surface area (Å²) in [4.78, 5) is 16.0. The second-order valence-electron chi connectivity index (χ2n) is 9.48. The maximum Gasteiger partial charge on any atom is 0.322 e. The van der Waals surface area contributed by atoms with E-state index in [4.69, 9.17) is 9.84 Å². The summed E-state index contributed by atoms with van der Waals surface area (Å²) < 4.78 is 9.77. The van der Waals surface area contributed by atoms with Crippen LogP contribution in [0.1, 0.15) is 42.4 Å². The van der Waals surface area contributed by atoms with E-state index in [0.29, 0.717) is 18.8 Å². The third-order valence-electron chi connectivity index (χ3n) is 7.10. The SMILES string of the molecule is CCOc1ccc(NC(=O)N2Cc3c(CC)nn(-c4ccccc4)c3-n3cccc3[C@H]2c2ccccc2)cc1. The monoisotopic (exact) mass is 517 g/mol. The Morgan fingerprint density at radius 3 is 2.33 bits per heavy atom. The minimum Gasteiger partial charge on any atom is -0.494 e. The lowest BCUT2D eigenvalue weighted by atomic mass is 10.0. The van der Waals surface area contributed by atoms with Crippen molar-refractivity contribution in [3.8, 4) is 17.3 Å². The third-order valence-corrected chi connectivity index (χ3v) is 7.10. The molecule has 0 spiro atoms. The Morgan fingerprint density at radius 1 is 0.923 bits per heavy atom. The van der Waals surface area contributed by atoms with Gasteiger partial charge < -0.3 is 19.5 Å². The molecule has 0 radical (unpaired) electrons. The first-order valence-corrected chi connectivity index (χ1v) is 13.4. The van der Waals surface area contributed by atoms with Gasteiger partial charge in [0.05, 0.1) is 36.3 Å². The van der Waals surface area contributed by atoms with E-state index in [9.17, 15) is 4.79 Å². The Labute approximate surface area is 228 Å². The summed E-state index contributed by atoms with van der Waals surface area (Å²) in [6.07, 6.45) is 2.82. The molecule has 5 aromatic rings. The number of nitrogens with one attached hydrogen (secondary N) is 1. The second-order valence-corrected chi connectivity index (χ2v) is 9.48. The van der Waals surface area contributed by atoms with Gasteiger partial charge in [0, 0.05) is 17.4 Å². The Bertz CT molecular complexity index is 1570. The van der Waals surface area contributed by atoms with E-state index in [1.54, 1.807) is 0 Å². The second kappa shape index (κ2) is 10.5. The van der Waals surface area contributed by atoms with E-state index in [2.05, 4.69) is 53.3 Å². The zero-order valence-corrected chi connectivity index (χ0v) is 22.1. The maximum absolute atomic E-state index is 14.1. The maximum atomic E-state index is 14.1. The largest absolute Gasteiger partial charge is 0.494 e. The van der Waals surface area contributed by atoms with Crippen LogP contribution in [0.25, 0.3) is 11.5 Å². The van der Waals surface area contributed by atoms with Gasteiger partial charge in [-0.15, -0.1) is 0 Å². The van der Waals surface area contributed by atoms with Gasteiger partial charge in [0.15, 0.2) is 0 Å². The molecular formula is C32H31N5O2. The summed E-state index contributed by atoms with van der Waals surface area (Å²) in [6.45, 7) is 5.07. The van der Waals surface area contributed by atoms with Crippen LogP contribution in [0.4, 0.5) is 10.5 Å². The highest BCUT2D eigenvalue weighted by atomic mass is 16.5. The lowest BCUT2D eigenvalue weighted by Gasteiger charge is -2.31. The number of amides is 2. The summed E-state index contributed by atoms with van der Waals surface area (Å²) in [5.74, 6) is 1.74. The molecule has 196 valence electrons. The molecule has 3 aromatic carbocycles. The zero-order chi connectivity index (χ0) is 26.8. The number of fused-ring (bicyclic) bond motifs is 3. The molecule has 7 nitrogen and oxygen atoms in total. The van der Waals surface area contributed by atoms with Crippen LogP contribution in [0.5, 0.6) is 5.75 Å². The van der Waals surface area contributed by atoms with Crippen LogP contribution in [0, 0.1) is 0 Å². The average Bonchev–Trinajstić information content (AvgIpc) is 3.56. The fourth-order valence-corrected chi connectivity index (χ4v) is 5.33. The van der Waals surface area contributed by atoms with Gasteiger partial charge in [0.1, 0.15) is 11.6 Å². The lowest BCUT2D eigenvalue weighted by Crippen LogP contribution is -2.38. The summed E-state index contributed by atoms with van der Waals surface area (Å²) in [7, 11) is 0. The summed E-state index contributed by atoms with van der Waals surface area (Å²) in [6, 6.07) is 31.5. The highest BCUT2D eigenvalue weighted by molar-refractivity contribution is 5.90. The van der Waals surface area contributed by atoms with Crippen molar-refractivity contribution in [1.29, 1.82) is 0 Å². The predicted octanol–water partition coefficient (Wildman–Crippen LogP) is 6.76. The summed E-state index contributed by atoms with van der Waals surface area (Å²) >= 11 is 0. The molecule has 39 heavy (non-hydrogen) atoms. The van der Waals surface area contributed by atoms with E-state index >= 15 is 0 Å². The molecule has 3 heterocycles. The smallest absolute Gasteiger partial charge is 0.322 e. The van der Waals surface area contributed by atoms with Crippen LogP contribution in [0.2, 0.25) is 0 Å². The summed E-state index contributed by atoms with van der Waals surface area (Å²) in [5.41, 5.74) is 5.76. The quantitative estimate of drug-likeness (QED) is 0.271. The van der Waals surface area contributed by atoms with Crippen molar-refractivity contribution in [2.45, 2.75) is 32.9 Å². The molecule has 0 unspecified atom stereocenters. The number of aryl methyl sites for hydroxylation is 1. The number of carbonyl (C=O) groups excluding carboxylic acids is 1. The van der Waals surface area contributed by atoms with Gasteiger partial charge in [-0.25, -0.2) is 9.48 Å². The number of anilines is 1. The highest BCUT2D eigenvalue weighted by Gasteiger charge is 2.36. The van der Waals surface area contributed by atoms with Crippen LogP contribution in [0.3, 0.4) is 0 Å². The van der Waals surface area contributed by atoms with Gasteiger partial charge >= 0.3 is 6.03 Å². The van der Waals surface area contributed by atoms with Crippen LogP contribution in [-0.2, 0) is 13.0 Å². The van der Waals surface area contributed by atoms with Crippen molar-refractivity contribution >= 4 is 11.7 Å². The van der Waals surface area contributed by atoms with Crippen LogP contribution < -0.4 is 10.1 Å². The number of hydrogen-bond acceptors (Lipinski definition) is 3. The van der Waals surface area contributed by atoms with Crippen LogP contribution in [0.15, 0.2) is 103 Å². The third kappa shape index (κ3) is 4.56. The van der Waals surface area contributed by atoms with Crippen molar-refractivity contribution in [3.63, 3.8) is 0 Å². The molecule has 1 atom stereocenters. The average molecular weight is 518 g/mol. The van der Waals surface area contributed by atoms with Gasteiger partial charge in [-0.3, -0.25) is 0 Å². The van der Waals surface area contributed by atoms with Crippen molar-refractivity contribution in [2.75, 3.05) is 11.9 Å². The van der Waals surface area contributed by atoms with E-state index in [0.717, 1.165) is 46.2 Å². The Hall–Kier alpha value is -4.78. The van der Waals surface area contributed by atoms with E-state index in [-0.39, 0.29) is 12.1 Å². The van der Waals surface area contributed by atoms with Gasteiger partial charge in [0.25, 0.3) is 0 Å². The molecule has 1 aliphatic rings. The Balaban J connectivity index is 1.49. The molecule has 7 heteroatoms. The van der Waals surface area contributed by atoms with Gasteiger partial charge in [0.2, 0.25) is 0 Å². The topological polar surface area (TPSA) is 64.3 Å². The Morgan fingerprint density at radius 2 is 1.64 bits per heavy atom. The minimum absolute atomic E-state index is 0.178. The fraction of sp³-hybridized carbons (Fsp3) is 0.188. The standard InChI is InChI=1S/C32H31N5O2/c1-3-28-27-22-36(32(38)33-24-17-19-26(20-18-24)39-4-2)30(23-12-7-5-8-13-23)29-16-11-21-35(29)31(27)37(34-28)25-14-9-6-10-15-25/h5-21,30H,3-4,22H2,1-2H3,(H,33,38)/t30-/m1/s1. The number of nitrogens with zero attached hydrogens (tertiary/aromatic N) is 4. The normalized spacial score (nSPS) is 14.3. The molecule has 0 saturated heterocycles. The van der Waals surface area contributed by atoms with Crippen LogP contribution in [-0.4, -0.2) is 31.9 Å². The number of hydrogen-bond donors (Lipinski definition) is 1. The van der Waals surface area contributed by atoms with Crippen molar-refractivity contribution in [2.24, 2.45) is 0 Å². The molecule has 0 aliphatic carbocycles. The van der Waals surface area contributed by atoms with Gasteiger partial charge in [-0.2, -0.15) is 5.10 Å². The first-order valence-electron chi connectivity index (χ1n) is 13.4. The number of carbonyl (C=O) groups is 1. The number of para-hydroxylation sites is 1.